The minimum atomic E-state index is -0.0894. The van der Waals surface area contributed by atoms with Gasteiger partial charge in [-0.3, -0.25) is 0 Å². The Morgan fingerprint density at radius 1 is 1.25 bits per heavy atom. The van der Waals surface area contributed by atoms with Crippen molar-refractivity contribution >= 4 is 11.9 Å². The molecule has 20 heavy (non-hydrogen) atoms. The SMILES string of the molecule is CCOCC(C)Oc1nc(NC)nc(N2CCCC2)n1. The van der Waals surface area contributed by atoms with Crippen LogP contribution in [0.15, 0.2) is 0 Å². The van der Waals surface area contributed by atoms with Crippen LogP contribution in [0.2, 0.25) is 0 Å². The molecule has 1 N–H and O–H groups in total. The predicted molar refractivity (Wildman–Crippen MR) is 77.4 cm³/mol. The van der Waals surface area contributed by atoms with E-state index < -0.39 is 0 Å². The van der Waals surface area contributed by atoms with Gasteiger partial charge in [0.2, 0.25) is 11.9 Å². The van der Waals surface area contributed by atoms with Crippen molar-refractivity contribution in [2.45, 2.75) is 32.8 Å². The van der Waals surface area contributed by atoms with Gasteiger partial charge in [0.25, 0.3) is 0 Å². The summed E-state index contributed by atoms with van der Waals surface area (Å²) in [7, 11) is 1.79. The van der Waals surface area contributed by atoms with Crippen LogP contribution in [0.4, 0.5) is 11.9 Å². The molecule has 1 atom stereocenters. The molecule has 1 saturated heterocycles. The first-order valence-corrected chi connectivity index (χ1v) is 7.16. The highest BCUT2D eigenvalue weighted by atomic mass is 16.5. The highest BCUT2D eigenvalue weighted by molar-refractivity contribution is 5.38. The van der Waals surface area contributed by atoms with Crippen molar-refractivity contribution in [1.82, 2.24) is 15.0 Å². The topological polar surface area (TPSA) is 72.4 Å². The molecule has 1 unspecified atom stereocenters. The lowest BCUT2D eigenvalue weighted by Gasteiger charge is -2.18. The Kier molecular flexibility index (Phi) is 5.34. The summed E-state index contributed by atoms with van der Waals surface area (Å²) in [4.78, 5) is 15.2. The van der Waals surface area contributed by atoms with Crippen LogP contribution in [-0.2, 0) is 4.74 Å². The molecular formula is C13H23N5O2. The van der Waals surface area contributed by atoms with Gasteiger partial charge in [0.15, 0.2) is 0 Å². The molecule has 1 aromatic heterocycles. The molecule has 0 spiro atoms. The van der Waals surface area contributed by atoms with E-state index in [1.807, 2.05) is 13.8 Å². The zero-order valence-corrected chi connectivity index (χ0v) is 12.4. The van der Waals surface area contributed by atoms with Gasteiger partial charge in [-0.1, -0.05) is 0 Å². The maximum Gasteiger partial charge on any atom is 0.323 e. The average molecular weight is 281 g/mol. The van der Waals surface area contributed by atoms with Gasteiger partial charge >= 0.3 is 6.01 Å². The van der Waals surface area contributed by atoms with Crippen LogP contribution in [-0.4, -0.2) is 54.4 Å². The number of ether oxygens (including phenoxy) is 2. The molecule has 1 fully saturated rings. The molecule has 112 valence electrons. The normalized spacial score (nSPS) is 16.2. The summed E-state index contributed by atoms with van der Waals surface area (Å²) in [5, 5.41) is 2.95. The third kappa shape index (κ3) is 3.93. The van der Waals surface area contributed by atoms with Crippen LogP contribution >= 0.6 is 0 Å². The maximum atomic E-state index is 5.71. The Hall–Kier alpha value is -1.63. The van der Waals surface area contributed by atoms with Gasteiger partial charge in [0.05, 0.1) is 6.61 Å². The van der Waals surface area contributed by atoms with E-state index in [-0.39, 0.29) is 6.10 Å². The molecule has 1 aliphatic rings. The van der Waals surface area contributed by atoms with E-state index in [1.54, 1.807) is 7.05 Å². The lowest BCUT2D eigenvalue weighted by atomic mass is 10.4. The first-order chi connectivity index (χ1) is 9.72. The molecule has 0 bridgehead atoms. The first kappa shape index (κ1) is 14.8. The van der Waals surface area contributed by atoms with Gasteiger partial charge in [0.1, 0.15) is 6.10 Å². The highest BCUT2D eigenvalue weighted by Crippen LogP contribution is 2.19. The third-order valence-corrected chi connectivity index (χ3v) is 3.08. The van der Waals surface area contributed by atoms with Crippen molar-refractivity contribution in [3.8, 4) is 6.01 Å². The minimum absolute atomic E-state index is 0.0894. The number of nitrogens with one attached hydrogen (secondary N) is 1. The van der Waals surface area contributed by atoms with Crippen LogP contribution in [0.25, 0.3) is 0 Å². The van der Waals surface area contributed by atoms with E-state index >= 15 is 0 Å². The second kappa shape index (κ2) is 7.23. The molecule has 2 heterocycles. The van der Waals surface area contributed by atoms with Gasteiger partial charge in [-0.25, -0.2) is 0 Å². The molecule has 2 rings (SSSR count). The first-order valence-electron chi connectivity index (χ1n) is 7.16. The summed E-state index contributed by atoms with van der Waals surface area (Å²) in [6, 6.07) is 0.346. The maximum absolute atomic E-state index is 5.71. The molecule has 1 aromatic rings. The Morgan fingerprint density at radius 2 is 2.00 bits per heavy atom. The van der Waals surface area contributed by atoms with E-state index in [0.29, 0.717) is 31.1 Å². The van der Waals surface area contributed by atoms with Crippen molar-refractivity contribution in [1.29, 1.82) is 0 Å². The fourth-order valence-electron chi connectivity index (χ4n) is 2.07. The fraction of sp³-hybridized carbons (Fsp3) is 0.769. The predicted octanol–water partition coefficient (Wildman–Crippen LogP) is 1.32. The lowest BCUT2D eigenvalue weighted by Crippen LogP contribution is -2.24. The number of hydrogen-bond acceptors (Lipinski definition) is 7. The zero-order valence-electron chi connectivity index (χ0n) is 12.4. The van der Waals surface area contributed by atoms with Gasteiger partial charge in [-0.2, -0.15) is 15.0 Å². The number of hydrogen-bond donors (Lipinski definition) is 1. The standard InChI is InChI=1S/C13H23N5O2/c1-4-19-9-10(2)20-13-16-11(14-3)15-12(17-13)18-7-5-6-8-18/h10H,4-9H2,1-3H3,(H,14,15,16,17). The number of rotatable bonds is 7. The molecule has 7 nitrogen and oxygen atoms in total. The van der Waals surface area contributed by atoms with Gasteiger partial charge in [-0.15, -0.1) is 0 Å². The summed E-state index contributed by atoms with van der Waals surface area (Å²) < 4.78 is 11.0. The Bertz CT molecular complexity index is 423. The van der Waals surface area contributed by atoms with Crippen molar-refractivity contribution in [3.63, 3.8) is 0 Å². The molecule has 7 heteroatoms. The molecule has 0 amide bonds. The number of aromatic nitrogens is 3. The Labute approximate surface area is 119 Å². The zero-order chi connectivity index (χ0) is 14.4. The lowest BCUT2D eigenvalue weighted by molar-refractivity contribution is 0.0607. The molecule has 1 aliphatic heterocycles. The van der Waals surface area contributed by atoms with Crippen LogP contribution < -0.4 is 15.0 Å². The van der Waals surface area contributed by atoms with E-state index in [1.165, 1.54) is 12.8 Å². The third-order valence-electron chi connectivity index (χ3n) is 3.08. The van der Waals surface area contributed by atoms with E-state index in [4.69, 9.17) is 9.47 Å². The van der Waals surface area contributed by atoms with Crippen LogP contribution in [0, 0.1) is 0 Å². The second-order valence-electron chi connectivity index (χ2n) is 4.77. The number of anilines is 2. The van der Waals surface area contributed by atoms with Crippen LogP contribution in [0.3, 0.4) is 0 Å². The highest BCUT2D eigenvalue weighted by Gasteiger charge is 2.18. The smallest absolute Gasteiger partial charge is 0.323 e. The Morgan fingerprint density at radius 3 is 2.65 bits per heavy atom. The van der Waals surface area contributed by atoms with E-state index in [2.05, 4.69) is 25.2 Å². The molecule has 0 aromatic carbocycles. The monoisotopic (exact) mass is 281 g/mol. The van der Waals surface area contributed by atoms with Crippen molar-refractivity contribution < 1.29 is 9.47 Å². The van der Waals surface area contributed by atoms with Crippen LogP contribution in [0.1, 0.15) is 26.7 Å². The summed E-state index contributed by atoms with van der Waals surface area (Å²) in [6.07, 6.45) is 2.27. The summed E-state index contributed by atoms with van der Waals surface area (Å²) in [5.41, 5.74) is 0. The molecule has 0 saturated carbocycles. The largest absolute Gasteiger partial charge is 0.458 e. The molecular weight excluding hydrogens is 258 g/mol. The quantitative estimate of drug-likeness (QED) is 0.808. The van der Waals surface area contributed by atoms with Crippen LogP contribution in [0.5, 0.6) is 6.01 Å². The van der Waals surface area contributed by atoms with E-state index in [0.717, 1.165) is 13.1 Å². The van der Waals surface area contributed by atoms with Crippen molar-refractivity contribution in [2.24, 2.45) is 0 Å². The summed E-state index contributed by atoms with van der Waals surface area (Å²) >= 11 is 0. The minimum Gasteiger partial charge on any atom is -0.458 e. The fourth-order valence-corrected chi connectivity index (χ4v) is 2.07. The van der Waals surface area contributed by atoms with Gasteiger partial charge in [-0.05, 0) is 26.7 Å². The second-order valence-corrected chi connectivity index (χ2v) is 4.77. The average Bonchev–Trinajstić information content (AvgIpc) is 2.99. The summed E-state index contributed by atoms with van der Waals surface area (Å²) in [5.74, 6) is 1.21. The van der Waals surface area contributed by atoms with Gasteiger partial charge in [0, 0.05) is 26.7 Å². The molecule has 0 aliphatic carbocycles. The van der Waals surface area contributed by atoms with Gasteiger partial charge < -0.3 is 19.7 Å². The van der Waals surface area contributed by atoms with Crippen molar-refractivity contribution in [2.75, 3.05) is 43.6 Å². The van der Waals surface area contributed by atoms with E-state index in [9.17, 15) is 0 Å². The number of nitrogens with zero attached hydrogens (tertiary/aromatic N) is 4. The molecule has 0 radical (unpaired) electrons. The van der Waals surface area contributed by atoms with Crippen molar-refractivity contribution in [3.05, 3.63) is 0 Å². The summed E-state index contributed by atoms with van der Waals surface area (Å²) in [6.45, 7) is 7.07. The Balaban J connectivity index is 2.08.